The molecule has 0 atom stereocenters. The van der Waals surface area contributed by atoms with Crippen molar-refractivity contribution < 1.29 is 18.7 Å². The van der Waals surface area contributed by atoms with Crippen molar-refractivity contribution in [3.05, 3.63) is 96.0 Å². The van der Waals surface area contributed by atoms with Gasteiger partial charge in [-0.05, 0) is 35.9 Å². The minimum atomic E-state index is -0.553. The number of hydrogen-bond donors (Lipinski definition) is 0. The van der Waals surface area contributed by atoms with E-state index in [-0.39, 0.29) is 11.5 Å². The van der Waals surface area contributed by atoms with Crippen LogP contribution in [0.4, 0.5) is 0 Å². The largest absolute Gasteiger partial charge is 0.457 e. The molecule has 0 fully saturated rings. The average Bonchev–Trinajstić information content (AvgIpc) is 3.16. The van der Waals surface area contributed by atoms with Crippen molar-refractivity contribution in [2.24, 2.45) is 0 Å². The van der Waals surface area contributed by atoms with Crippen LogP contribution in [-0.2, 0) is 0 Å². The summed E-state index contributed by atoms with van der Waals surface area (Å²) in [6.45, 7) is 0. The number of ether oxygens (including phenoxy) is 1. The van der Waals surface area contributed by atoms with E-state index < -0.39 is 5.97 Å². The van der Waals surface area contributed by atoms with Crippen LogP contribution in [0.15, 0.2) is 83.5 Å². The van der Waals surface area contributed by atoms with Crippen molar-refractivity contribution in [2.75, 3.05) is 0 Å². The summed E-state index contributed by atoms with van der Waals surface area (Å²) >= 11 is 0. The summed E-state index contributed by atoms with van der Waals surface area (Å²) in [6, 6.07) is 19.0. The molecule has 3 aromatic rings. The lowest BCUT2D eigenvalue weighted by atomic mass is 10.1. The van der Waals surface area contributed by atoms with E-state index in [0.29, 0.717) is 11.3 Å². The Labute approximate surface area is 139 Å². The summed E-state index contributed by atoms with van der Waals surface area (Å²) in [5, 5.41) is 0. The van der Waals surface area contributed by atoms with Gasteiger partial charge in [-0.15, -0.1) is 0 Å². The average molecular weight is 318 g/mol. The Morgan fingerprint density at radius 1 is 0.875 bits per heavy atom. The molecular formula is C20H14O4. The number of carbonyl (C=O) groups excluding carboxylic acids is 2. The van der Waals surface area contributed by atoms with Crippen LogP contribution in [0.25, 0.3) is 6.08 Å². The maximum absolute atomic E-state index is 12.0. The van der Waals surface area contributed by atoms with Crippen molar-refractivity contribution in [3.63, 3.8) is 0 Å². The Bertz CT molecular complexity index is 844. The molecule has 0 saturated heterocycles. The second-order valence-corrected chi connectivity index (χ2v) is 5.00. The first-order chi connectivity index (χ1) is 11.7. The SMILES string of the molecule is O=C(C=Cc1ccc(OC(=O)c2ccco2)cc1)c1ccccc1. The number of benzene rings is 2. The number of allylic oxidation sites excluding steroid dienone is 1. The molecular weight excluding hydrogens is 304 g/mol. The number of esters is 1. The fourth-order valence-corrected chi connectivity index (χ4v) is 2.07. The van der Waals surface area contributed by atoms with Gasteiger partial charge in [0.1, 0.15) is 5.75 Å². The highest BCUT2D eigenvalue weighted by molar-refractivity contribution is 6.06. The quantitative estimate of drug-likeness (QED) is 0.303. The van der Waals surface area contributed by atoms with Crippen molar-refractivity contribution in [3.8, 4) is 5.75 Å². The van der Waals surface area contributed by atoms with Crippen molar-refractivity contribution in [1.82, 2.24) is 0 Å². The van der Waals surface area contributed by atoms with Crippen LogP contribution in [0, 0.1) is 0 Å². The van der Waals surface area contributed by atoms with Crippen LogP contribution in [0.1, 0.15) is 26.5 Å². The van der Waals surface area contributed by atoms with Gasteiger partial charge in [0.25, 0.3) is 0 Å². The van der Waals surface area contributed by atoms with Gasteiger partial charge in [0.2, 0.25) is 5.76 Å². The van der Waals surface area contributed by atoms with Crippen LogP contribution in [0.3, 0.4) is 0 Å². The smallest absolute Gasteiger partial charge is 0.379 e. The van der Waals surface area contributed by atoms with E-state index >= 15 is 0 Å². The minimum absolute atomic E-state index is 0.0658. The van der Waals surface area contributed by atoms with E-state index in [1.807, 2.05) is 18.2 Å². The zero-order valence-corrected chi connectivity index (χ0v) is 12.7. The first kappa shape index (κ1) is 15.5. The molecule has 0 aliphatic rings. The molecule has 3 rings (SSSR count). The van der Waals surface area contributed by atoms with Crippen LogP contribution in [-0.4, -0.2) is 11.8 Å². The van der Waals surface area contributed by atoms with Crippen LogP contribution in [0.5, 0.6) is 5.75 Å². The Morgan fingerprint density at radius 2 is 1.62 bits per heavy atom. The molecule has 2 aromatic carbocycles. The van der Waals surface area contributed by atoms with Crippen molar-refractivity contribution in [2.45, 2.75) is 0 Å². The lowest BCUT2D eigenvalue weighted by Gasteiger charge is -2.02. The topological polar surface area (TPSA) is 56.5 Å². The zero-order chi connectivity index (χ0) is 16.8. The predicted molar refractivity (Wildman–Crippen MR) is 89.9 cm³/mol. The molecule has 24 heavy (non-hydrogen) atoms. The van der Waals surface area contributed by atoms with Gasteiger partial charge in [-0.1, -0.05) is 48.5 Å². The van der Waals surface area contributed by atoms with E-state index in [9.17, 15) is 9.59 Å². The van der Waals surface area contributed by atoms with Crippen LogP contribution < -0.4 is 4.74 Å². The highest BCUT2D eigenvalue weighted by Gasteiger charge is 2.10. The molecule has 0 bridgehead atoms. The van der Waals surface area contributed by atoms with Gasteiger partial charge in [0.05, 0.1) is 6.26 Å². The van der Waals surface area contributed by atoms with Gasteiger partial charge >= 0.3 is 5.97 Å². The van der Waals surface area contributed by atoms with Gasteiger partial charge < -0.3 is 9.15 Å². The molecule has 4 nitrogen and oxygen atoms in total. The Kier molecular flexibility index (Phi) is 4.68. The predicted octanol–water partition coefficient (Wildman–Crippen LogP) is 4.39. The number of ketones is 1. The lowest BCUT2D eigenvalue weighted by molar-refractivity contribution is 0.0701. The number of furan rings is 1. The summed E-state index contributed by atoms with van der Waals surface area (Å²) < 4.78 is 10.2. The minimum Gasteiger partial charge on any atom is -0.457 e. The molecule has 0 radical (unpaired) electrons. The standard InChI is InChI=1S/C20H14O4/c21-18(16-5-2-1-3-6-16)13-10-15-8-11-17(12-9-15)24-20(22)19-7-4-14-23-19/h1-14H. The maximum Gasteiger partial charge on any atom is 0.379 e. The molecule has 0 saturated carbocycles. The summed E-state index contributed by atoms with van der Waals surface area (Å²) in [7, 11) is 0. The van der Waals surface area contributed by atoms with E-state index in [1.165, 1.54) is 18.4 Å². The summed E-state index contributed by atoms with van der Waals surface area (Å²) in [4.78, 5) is 23.8. The molecule has 0 amide bonds. The molecule has 0 N–H and O–H groups in total. The molecule has 0 spiro atoms. The molecule has 1 heterocycles. The molecule has 1 aromatic heterocycles. The lowest BCUT2D eigenvalue weighted by Crippen LogP contribution is -2.06. The van der Waals surface area contributed by atoms with Gasteiger partial charge in [0, 0.05) is 5.56 Å². The third-order valence-electron chi connectivity index (χ3n) is 3.30. The monoisotopic (exact) mass is 318 g/mol. The molecule has 0 unspecified atom stereocenters. The fourth-order valence-electron chi connectivity index (χ4n) is 2.07. The third-order valence-corrected chi connectivity index (χ3v) is 3.30. The summed E-state index contributed by atoms with van der Waals surface area (Å²) in [6.07, 6.45) is 4.64. The van der Waals surface area contributed by atoms with Gasteiger partial charge in [-0.3, -0.25) is 4.79 Å². The zero-order valence-electron chi connectivity index (χ0n) is 12.7. The molecule has 0 aliphatic carbocycles. The van der Waals surface area contributed by atoms with E-state index in [1.54, 1.807) is 48.5 Å². The highest BCUT2D eigenvalue weighted by atomic mass is 16.5. The number of carbonyl (C=O) groups is 2. The van der Waals surface area contributed by atoms with E-state index in [2.05, 4.69) is 0 Å². The molecule has 0 aliphatic heterocycles. The van der Waals surface area contributed by atoms with Crippen molar-refractivity contribution >= 4 is 17.8 Å². The normalized spacial score (nSPS) is 10.7. The van der Waals surface area contributed by atoms with Gasteiger partial charge in [0.15, 0.2) is 5.78 Å². The second-order valence-electron chi connectivity index (χ2n) is 5.00. The second kappa shape index (κ2) is 7.24. The first-order valence-electron chi connectivity index (χ1n) is 7.35. The Morgan fingerprint density at radius 3 is 2.29 bits per heavy atom. The number of rotatable bonds is 5. The van der Waals surface area contributed by atoms with Crippen LogP contribution >= 0.6 is 0 Å². The first-order valence-corrected chi connectivity index (χ1v) is 7.35. The van der Waals surface area contributed by atoms with E-state index in [4.69, 9.17) is 9.15 Å². The van der Waals surface area contributed by atoms with Crippen LogP contribution in [0.2, 0.25) is 0 Å². The van der Waals surface area contributed by atoms with Crippen molar-refractivity contribution in [1.29, 1.82) is 0 Å². The number of hydrogen-bond acceptors (Lipinski definition) is 4. The highest BCUT2D eigenvalue weighted by Crippen LogP contribution is 2.15. The molecule has 118 valence electrons. The molecule has 4 heteroatoms. The Balaban J connectivity index is 1.63. The maximum atomic E-state index is 12.0. The van der Waals surface area contributed by atoms with Gasteiger partial charge in [-0.25, -0.2) is 4.79 Å². The Hall–Kier alpha value is -3.40. The summed E-state index contributed by atoms with van der Waals surface area (Å²) in [5.41, 5.74) is 1.47. The fraction of sp³-hybridized carbons (Fsp3) is 0. The summed E-state index contributed by atoms with van der Waals surface area (Å²) in [5.74, 6) is -0.0677. The van der Waals surface area contributed by atoms with Gasteiger partial charge in [-0.2, -0.15) is 0 Å². The van der Waals surface area contributed by atoms with E-state index in [0.717, 1.165) is 5.56 Å². The third kappa shape index (κ3) is 3.87.